The highest BCUT2D eigenvalue weighted by molar-refractivity contribution is 6.03. The maximum absolute atomic E-state index is 13.5. The van der Waals surface area contributed by atoms with Crippen LogP contribution in [0.5, 0.6) is 5.75 Å². The van der Waals surface area contributed by atoms with Gasteiger partial charge in [-0.2, -0.15) is 5.10 Å². The van der Waals surface area contributed by atoms with Gasteiger partial charge in [-0.05, 0) is 35.4 Å². The zero-order valence-corrected chi connectivity index (χ0v) is 18.5. The molecule has 0 saturated carbocycles. The molecule has 1 aliphatic heterocycles. The molecule has 0 aliphatic carbocycles. The van der Waals surface area contributed by atoms with Crippen LogP contribution in [0.3, 0.4) is 0 Å². The van der Waals surface area contributed by atoms with E-state index >= 15 is 0 Å². The molecule has 1 unspecified atom stereocenters. The van der Waals surface area contributed by atoms with E-state index in [1.807, 2.05) is 78.9 Å². The normalized spacial score (nSPS) is 15.6. The average molecular weight is 441 g/mol. The van der Waals surface area contributed by atoms with Crippen LogP contribution in [-0.2, 0) is 18.4 Å². The molecule has 2 heterocycles. The van der Waals surface area contributed by atoms with Crippen LogP contribution < -0.4 is 10.4 Å². The van der Waals surface area contributed by atoms with Gasteiger partial charge in [0, 0.05) is 13.5 Å². The van der Waals surface area contributed by atoms with Crippen molar-refractivity contribution < 1.29 is 9.53 Å². The SMILES string of the molecule is COc1ccc(C2CC(c3ccccc3)=NN2C(=O)Cn2c(=O)n(C)c3ccccc32)cc1. The van der Waals surface area contributed by atoms with Crippen molar-refractivity contribution in [1.82, 2.24) is 14.1 Å². The first-order chi connectivity index (χ1) is 16.1. The molecule has 0 radical (unpaired) electrons. The van der Waals surface area contributed by atoms with Gasteiger partial charge in [0.2, 0.25) is 0 Å². The Kier molecular flexibility index (Phi) is 5.30. The third-order valence-corrected chi connectivity index (χ3v) is 6.12. The van der Waals surface area contributed by atoms with Crippen molar-refractivity contribution in [2.24, 2.45) is 12.1 Å². The average Bonchev–Trinajstić information content (AvgIpc) is 3.41. The van der Waals surface area contributed by atoms with E-state index in [9.17, 15) is 9.59 Å². The van der Waals surface area contributed by atoms with E-state index in [0.717, 1.165) is 33.6 Å². The van der Waals surface area contributed by atoms with Crippen molar-refractivity contribution in [2.75, 3.05) is 7.11 Å². The maximum atomic E-state index is 13.5. The summed E-state index contributed by atoms with van der Waals surface area (Å²) in [6.45, 7) is -0.0849. The Labute approximate surface area is 191 Å². The number of carbonyl (C=O) groups excluding carboxylic acids is 1. The Hall–Kier alpha value is -4.13. The molecule has 1 amide bonds. The molecular formula is C26H24N4O3. The molecule has 1 aromatic heterocycles. The second-order valence-electron chi connectivity index (χ2n) is 8.06. The van der Waals surface area contributed by atoms with Crippen LogP contribution in [0.25, 0.3) is 11.0 Å². The first-order valence-corrected chi connectivity index (χ1v) is 10.8. The summed E-state index contributed by atoms with van der Waals surface area (Å²) in [5.74, 6) is 0.515. The summed E-state index contributed by atoms with van der Waals surface area (Å²) in [5, 5.41) is 6.24. The molecule has 1 aliphatic rings. The highest BCUT2D eigenvalue weighted by Gasteiger charge is 2.33. The number of hydrazone groups is 1. The van der Waals surface area contributed by atoms with Crippen LogP contribution in [-0.4, -0.2) is 32.9 Å². The minimum Gasteiger partial charge on any atom is -0.497 e. The molecule has 7 nitrogen and oxygen atoms in total. The van der Waals surface area contributed by atoms with Crippen LogP contribution in [0.4, 0.5) is 0 Å². The smallest absolute Gasteiger partial charge is 0.329 e. The zero-order chi connectivity index (χ0) is 22.9. The van der Waals surface area contributed by atoms with Crippen molar-refractivity contribution in [3.05, 3.63) is 100 Å². The van der Waals surface area contributed by atoms with Crippen LogP contribution in [0.2, 0.25) is 0 Å². The number of imidazole rings is 1. The van der Waals surface area contributed by atoms with Crippen LogP contribution in [0.15, 0.2) is 88.8 Å². The number of methoxy groups -OCH3 is 1. The van der Waals surface area contributed by atoms with Gasteiger partial charge in [0.25, 0.3) is 5.91 Å². The van der Waals surface area contributed by atoms with Crippen LogP contribution >= 0.6 is 0 Å². The van der Waals surface area contributed by atoms with Crippen molar-refractivity contribution in [3.63, 3.8) is 0 Å². The summed E-state index contributed by atoms with van der Waals surface area (Å²) >= 11 is 0. The summed E-state index contributed by atoms with van der Waals surface area (Å²) < 4.78 is 8.36. The molecule has 0 bridgehead atoms. The van der Waals surface area contributed by atoms with E-state index in [1.54, 1.807) is 18.7 Å². The summed E-state index contributed by atoms with van der Waals surface area (Å²) in [4.78, 5) is 26.4. The topological polar surface area (TPSA) is 68.8 Å². The minimum absolute atomic E-state index is 0.0849. The first-order valence-electron chi connectivity index (χ1n) is 10.8. The first kappa shape index (κ1) is 20.8. The van der Waals surface area contributed by atoms with Crippen LogP contribution in [0.1, 0.15) is 23.6 Å². The Morgan fingerprint density at radius 1 is 0.970 bits per heavy atom. The summed E-state index contributed by atoms with van der Waals surface area (Å²) in [6, 6.07) is 24.7. The second-order valence-corrected chi connectivity index (χ2v) is 8.06. The Morgan fingerprint density at radius 3 is 2.33 bits per heavy atom. The lowest BCUT2D eigenvalue weighted by atomic mass is 9.98. The third-order valence-electron chi connectivity index (χ3n) is 6.12. The highest BCUT2D eigenvalue weighted by atomic mass is 16.5. The van der Waals surface area contributed by atoms with Gasteiger partial charge in [0.05, 0.1) is 29.9 Å². The molecule has 0 N–H and O–H groups in total. The van der Waals surface area contributed by atoms with Gasteiger partial charge in [0.15, 0.2) is 0 Å². The van der Waals surface area contributed by atoms with Gasteiger partial charge in [-0.25, -0.2) is 9.80 Å². The largest absolute Gasteiger partial charge is 0.497 e. The highest BCUT2D eigenvalue weighted by Crippen LogP contribution is 2.34. The molecular weight excluding hydrogens is 416 g/mol. The van der Waals surface area contributed by atoms with Gasteiger partial charge in [-0.1, -0.05) is 54.6 Å². The number of benzene rings is 3. The number of nitrogens with zero attached hydrogens (tertiary/aromatic N) is 4. The Balaban J connectivity index is 1.52. The standard InChI is InChI=1S/C26H24N4O3/c1-28-22-10-6-7-11-23(22)29(26(28)32)17-25(31)30-24(19-12-14-20(33-2)15-13-19)16-21(27-30)18-8-4-3-5-9-18/h3-15,24H,16-17H2,1-2H3. The molecule has 4 aromatic rings. The van der Waals surface area contributed by atoms with Gasteiger partial charge < -0.3 is 4.74 Å². The minimum atomic E-state index is -0.260. The number of carbonyl (C=O) groups is 1. The predicted molar refractivity (Wildman–Crippen MR) is 127 cm³/mol. The molecule has 7 heteroatoms. The number of rotatable bonds is 5. The van der Waals surface area contributed by atoms with E-state index in [1.165, 1.54) is 9.58 Å². The van der Waals surface area contributed by atoms with Crippen LogP contribution in [0, 0.1) is 0 Å². The third kappa shape index (κ3) is 3.71. The van der Waals surface area contributed by atoms with E-state index in [2.05, 4.69) is 0 Å². The number of aromatic nitrogens is 2. The lowest BCUT2D eigenvalue weighted by Crippen LogP contribution is -2.34. The van der Waals surface area contributed by atoms with E-state index in [4.69, 9.17) is 9.84 Å². The fourth-order valence-corrected chi connectivity index (χ4v) is 4.35. The number of hydrogen-bond acceptors (Lipinski definition) is 4. The molecule has 166 valence electrons. The molecule has 5 rings (SSSR count). The number of fused-ring (bicyclic) bond motifs is 1. The monoisotopic (exact) mass is 440 g/mol. The van der Waals surface area contributed by atoms with E-state index in [0.29, 0.717) is 6.42 Å². The number of ether oxygens (including phenoxy) is 1. The van der Waals surface area contributed by atoms with Crippen molar-refractivity contribution in [1.29, 1.82) is 0 Å². The zero-order valence-electron chi connectivity index (χ0n) is 18.5. The Bertz CT molecular complexity index is 1400. The quantitative estimate of drug-likeness (QED) is 0.475. The summed E-state index contributed by atoms with van der Waals surface area (Å²) in [5.41, 5.74) is 4.08. The second kappa shape index (κ2) is 8.43. The number of para-hydroxylation sites is 2. The molecule has 33 heavy (non-hydrogen) atoms. The van der Waals surface area contributed by atoms with E-state index in [-0.39, 0.29) is 24.2 Å². The van der Waals surface area contributed by atoms with Crippen molar-refractivity contribution in [3.8, 4) is 5.75 Å². The molecule has 3 aromatic carbocycles. The lowest BCUT2D eigenvalue weighted by molar-refractivity contribution is -0.133. The number of amides is 1. The summed E-state index contributed by atoms with van der Waals surface area (Å²) in [7, 11) is 3.34. The fourth-order valence-electron chi connectivity index (χ4n) is 4.35. The number of aryl methyl sites for hydroxylation is 1. The fraction of sp³-hybridized carbons (Fsp3) is 0.192. The predicted octanol–water partition coefficient (Wildman–Crippen LogP) is 3.73. The van der Waals surface area contributed by atoms with Gasteiger partial charge in [0.1, 0.15) is 12.3 Å². The molecule has 0 fully saturated rings. The maximum Gasteiger partial charge on any atom is 0.329 e. The molecule has 0 spiro atoms. The molecule has 0 saturated heterocycles. The summed E-state index contributed by atoms with van der Waals surface area (Å²) in [6.07, 6.45) is 0.590. The lowest BCUT2D eigenvalue weighted by Gasteiger charge is -2.22. The Morgan fingerprint density at radius 2 is 1.64 bits per heavy atom. The van der Waals surface area contributed by atoms with Gasteiger partial charge in [-0.3, -0.25) is 13.9 Å². The van der Waals surface area contributed by atoms with E-state index < -0.39 is 0 Å². The van der Waals surface area contributed by atoms with Crippen molar-refractivity contribution in [2.45, 2.75) is 19.0 Å². The molecule has 1 atom stereocenters. The number of hydrogen-bond donors (Lipinski definition) is 0. The van der Waals surface area contributed by atoms with Gasteiger partial charge >= 0.3 is 5.69 Å². The van der Waals surface area contributed by atoms with Crippen molar-refractivity contribution >= 4 is 22.7 Å². The van der Waals surface area contributed by atoms with Gasteiger partial charge in [-0.15, -0.1) is 0 Å².